The number of aromatic nitrogens is 2. The molecule has 0 radical (unpaired) electrons. The first kappa shape index (κ1) is 7.00. The number of hydrogen-bond acceptors (Lipinski definition) is 4. The summed E-state index contributed by atoms with van der Waals surface area (Å²) < 4.78 is 0. The van der Waals surface area contributed by atoms with Gasteiger partial charge in [0.1, 0.15) is 0 Å². The van der Waals surface area contributed by atoms with E-state index in [1.54, 1.807) is 6.20 Å². The largest absolute Gasteiger partial charge is 0.306 e. The Labute approximate surface area is 69.4 Å². The number of rotatable bonds is 1. The van der Waals surface area contributed by atoms with Gasteiger partial charge in [-0.15, -0.1) is 5.10 Å². The fourth-order valence-corrected chi connectivity index (χ4v) is 1.13. The van der Waals surface area contributed by atoms with Crippen LogP contribution < -0.4 is 11.3 Å². The molecule has 60 valence electrons. The molecule has 0 atom stereocenters. The summed E-state index contributed by atoms with van der Waals surface area (Å²) in [6.07, 6.45) is 1.70. The summed E-state index contributed by atoms with van der Waals surface area (Å²) in [6, 6.07) is 7.79. The topological polar surface area (TPSA) is 63.8 Å². The van der Waals surface area contributed by atoms with Gasteiger partial charge in [-0.25, -0.2) is 5.84 Å². The molecule has 2 aromatic rings. The van der Waals surface area contributed by atoms with E-state index in [9.17, 15) is 0 Å². The molecule has 0 saturated heterocycles. The van der Waals surface area contributed by atoms with Crippen LogP contribution in [0.1, 0.15) is 0 Å². The lowest BCUT2D eigenvalue weighted by molar-refractivity contribution is 1.04. The summed E-state index contributed by atoms with van der Waals surface area (Å²) in [5.74, 6) is 5.87. The first-order chi connectivity index (χ1) is 5.92. The molecule has 0 amide bonds. The van der Waals surface area contributed by atoms with Gasteiger partial charge >= 0.3 is 0 Å². The second kappa shape index (κ2) is 2.75. The van der Waals surface area contributed by atoms with Crippen molar-refractivity contribution in [1.82, 2.24) is 10.2 Å². The average molecular weight is 164 g/mol. The van der Waals surface area contributed by atoms with E-state index in [4.69, 9.17) is 5.84 Å². The highest BCUT2D eigenvalue weighted by atomic mass is 16.2. The molecule has 0 saturated carbocycles. The molecule has 1 aromatic heterocycles. The minimum atomic E-state index is 0.605. The fourth-order valence-electron chi connectivity index (χ4n) is 1.13. The van der Waals surface area contributed by atoms with Gasteiger partial charge in [0, 0.05) is 10.8 Å². The van der Waals surface area contributed by atoms with Gasteiger partial charge in [-0.3, -0.25) is 0 Å². The summed E-state index contributed by atoms with van der Waals surface area (Å²) in [6.45, 7) is 0. The third-order valence-corrected chi connectivity index (χ3v) is 1.71. The van der Waals surface area contributed by atoms with Crippen LogP contribution >= 0.6 is 0 Å². The van der Waals surface area contributed by atoms with Gasteiger partial charge in [0.15, 0.2) is 5.82 Å². The van der Waals surface area contributed by atoms with Crippen LogP contribution in [-0.2, 0) is 0 Å². The molecule has 0 spiro atoms. The van der Waals surface area contributed by atoms with E-state index in [1.165, 1.54) is 0 Å². The van der Waals surface area contributed by atoms with E-state index in [0.29, 0.717) is 5.82 Å². The van der Waals surface area contributed by atoms with Crippen LogP contribution in [0.25, 0.3) is 10.8 Å². The van der Waals surface area contributed by atoms with Crippen LogP contribution in [0.3, 0.4) is 0 Å². The van der Waals surface area contributed by atoms with E-state index in [2.05, 4.69) is 15.6 Å². The number of nitrogens with zero attached hydrogens (tertiary/aromatic N) is 2. The Kier molecular flexibility index (Phi) is 1.60. The lowest BCUT2D eigenvalue weighted by Gasteiger charge is -2.01. The molecule has 4 heteroatoms. The summed E-state index contributed by atoms with van der Waals surface area (Å²) in [4.78, 5) is 0. The van der Waals surface area contributed by atoms with Gasteiger partial charge in [-0.2, -0.15) is 5.10 Å². The van der Waals surface area contributed by atoms with Crippen molar-refractivity contribution in [3.8, 4) is 0 Å². The van der Waals surface area contributed by atoms with E-state index < -0.39 is 0 Å². The zero-order chi connectivity index (χ0) is 8.39. The highest BCUT2D eigenvalue weighted by Crippen LogP contribution is 2.17. The fraction of sp³-hybridized carbons (Fsp3) is 0. The smallest absolute Gasteiger partial charge is 0.170 e. The lowest BCUT2D eigenvalue weighted by Crippen LogP contribution is -2.09. The second-order valence-corrected chi connectivity index (χ2v) is 2.42. The Balaban J connectivity index is 2.79. The zero-order valence-corrected chi connectivity index (χ0v) is 6.36. The van der Waals surface area contributed by atoms with Crippen LogP contribution in [-0.4, -0.2) is 10.2 Å². The number of hydrazine groups is 1. The predicted molar refractivity (Wildman–Crippen MR) is 47.3 cm³/mol. The van der Waals surface area contributed by atoms with Crippen LogP contribution in [0.4, 0.5) is 5.82 Å². The minimum Gasteiger partial charge on any atom is -0.306 e. The SMILES string of the molecule is [15NH2][15NH]c1[15n][15n]cc2ccccc12. The van der Waals surface area contributed by atoms with Crippen molar-refractivity contribution in [1.29, 1.82) is 0 Å². The molecule has 0 aliphatic carbocycles. The Morgan fingerprint density at radius 3 is 2.92 bits per heavy atom. The molecule has 1 heterocycles. The standard InChI is InChI=1S/C8H8N4/c9-11-8-7-4-2-1-3-6(7)5-10-12-8/h1-5H,9H2,(H,11,12)/i9+1,10+1,11+1,12+1. The number of hydrogen-bond donors (Lipinski definition) is 2. The molecular weight excluding hydrogens is 156 g/mol. The third-order valence-electron chi connectivity index (χ3n) is 1.71. The van der Waals surface area contributed by atoms with E-state index in [0.717, 1.165) is 10.8 Å². The molecule has 0 bridgehead atoms. The van der Waals surface area contributed by atoms with Crippen LogP contribution in [0.2, 0.25) is 0 Å². The van der Waals surface area contributed by atoms with Crippen molar-refractivity contribution in [3.63, 3.8) is 0 Å². The van der Waals surface area contributed by atoms with Crippen LogP contribution in [0.15, 0.2) is 30.5 Å². The number of nitrogens with two attached hydrogens (primary N) is 1. The highest BCUT2D eigenvalue weighted by molar-refractivity contribution is 5.90. The number of nitrogen functional groups attached to an aromatic ring is 1. The quantitative estimate of drug-likeness (QED) is 0.373. The molecule has 12 heavy (non-hydrogen) atoms. The Hall–Kier alpha value is -1.68. The number of anilines is 1. The highest BCUT2D eigenvalue weighted by Gasteiger charge is 1.98. The van der Waals surface area contributed by atoms with E-state index >= 15 is 0 Å². The summed E-state index contributed by atoms with van der Waals surface area (Å²) in [5.41, 5.74) is 2.50. The van der Waals surface area contributed by atoms with Crippen LogP contribution in [0.5, 0.6) is 0 Å². The molecule has 3 N–H and O–H groups in total. The summed E-state index contributed by atoms with van der Waals surface area (Å²) in [5, 5.41) is 9.64. The molecule has 0 aliphatic heterocycles. The van der Waals surface area contributed by atoms with Crippen molar-refractivity contribution in [2.24, 2.45) is 5.84 Å². The third kappa shape index (κ3) is 0.981. The molecule has 2 rings (SSSR count). The van der Waals surface area contributed by atoms with Gasteiger partial charge in [-0.1, -0.05) is 24.3 Å². The maximum absolute atomic E-state index is 5.26. The lowest BCUT2D eigenvalue weighted by atomic mass is 10.2. The number of benzene rings is 1. The van der Waals surface area contributed by atoms with E-state index in [1.807, 2.05) is 24.3 Å². The monoisotopic (exact) mass is 164 g/mol. The maximum Gasteiger partial charge on any atom is 0.170 e. The average Bonchev–Trinajstić information content (AvgIpc) is 2.17. The molecule has 1 aromatic carbocycles. The molecule has 4 nitrogen and oxygen atoms in total. The molecule has 0 fully saturated rings. The number of nitrogens with one attached hydrogen (secondary N) is 1. The van der Waals surface area contributed by atoms with Gasteiger partial charge < -0.3 is 5.43 Å². The van der Waals surface area contributed by atoms with Crippen molar-refractivity contribution in [2.75, 3.05) is 5.43 Å². The van der Waals surface area contributed by atoms with Gasteiger partial charge in [0.2, 0.25) is 0 Å². The molecule has 0 unspecified atom stereocenters. The first-order valence-electron chi connectivity index (χ1n) is 3.59. The van der Waals surface area contributed by atoms with Crippen molar-refractivity contribution < 1.29 is 0 Å². The number of fused-ring (bicyclic) bond motifs is 1. The Bertz CT molecular complexity index is 394. The van der Waals surface area contributed by atoms with Gasteiger partial charge in [-0.05, 0) is 0 Å². The predicted octanol–water partition coefficient (Wildman–Crippen LogP) is 0.915. The Morgan fingerprint density at radius 2 is 2.08 bits per heavy atom. The zero-order valence-electron chi connectivity index (χ0n) is 6.36. The summed E-state index contributed by atoms with van der Waals surface area (Å²) >= 11 is 0. The molecule has 0 aliphatic rings. The van der Waals surface area contributed by atoms with Gasteiger partial charge in [0.05, 0.1) is 6.20 Å². The van der Waals surface area contributed by atoms with Gasteiger partial charge in [0.25, 0.3) is 0 Å². The van der Waals surface area contributed by atoms with E-state index in [-0.39, 0.29) is 0 Å². The Morgan fingerprint density at radius 1 is 1.25 bits per heavy atom. The van der Waals surface area contributed by atoms with Crippen molar-refractivity contribution in [2.45, 2.75) is 0 Å². The van der Waals surface area contributed by atoms with Crippen molar-refractivity contribution in [3.05, 3.63) is 30.5 Å². The second-order valence-electron chi connectivity index (χ2n) is 2.42. The maximum atomic E-state index is 5.26. The van der Waals surface area contributed by atoms with Crippen molar-refractivity contribution >= 4 is 16.6 Å². The first-order valence-corrected chi connectivity index (χ1v) is 3.59. The summed E-state index contributed by atoms with van der Waals surface area (Å²) in [7, 11) is 0. The molecular formula is C8H8N4. The van der Waals surface area contributed by atoms with Crippen LogP contribution in [0, 0.1) is 0 Å². The minimum absolute atomic E-state index is 0.605. The normalized spacial score (nSPS) is 10.1.